The molecule has 4 N–H and O–H groups in total. The van der Waals surface area contributed by atoms with Gasteiger partial charge in [-0.05, 0) is 17.7 Å². The van der Waals surface area contributed by atoms with E-state index in [4.69, 9.17) is 14.9 Å². The van der Waals surface area contributed by atoms with Gasteiger partial charge in [0.2, 0.25) is 0 Å². The fraction of sp³-hybridized carbons (Fsp3) is 0.500. The van der Waals surface area contributed by atoms with Gasteiger partial charge >= 0.3 is 0 Å². The summed E-state index contributed by atoms with van der Waals surface area (Å²) in [7, 11) is 1.58. The highest BCUT2D eigenvalue weighted by Crippen LogP contribution is 2.16. The fourth-order valence-corrected chi connectivity index (χ4v) is 1.41. The highest BCUT2D eigenvalue weighted by atomic mass is 16.5. The number of hydrogen-bond acceptors (Lipinski definition) is 5. The molecule has 1 aromatic rings. The maximum absolute atomic E-state index is 9.86. The summed E-state index contributed by atoms with van der Waals surface area (Å²) in [5.41, 5.74) is 0.757. The van der Waals surface area contributed by atoms with Crippen LogP contribution in [0.3, 0.4) is 0 Å². The number of hydrogen-bond donors (Lipinski definition) is 4. The van der Waals surface area contributed by atoms with E-state index in [1.807, 2.05) is 0 Å². The molecule has 0 aliphatic carbocycles. The van der Waals surface area contributed by atoms with Crippen molar-refractivity contribution < 1.29 is 20.1 Å². The Balaban J connectivity index is 2.48. The van der Waals surface area contributed by atoms with Crippen LogP contribution in [-0.2, 0) is 0 Å². The van der Waals surface area contributed by atoms with Crippen LogP contribution in [0.4, 0.5) is 0 Å². The summed E-state index contributed by atoms with van der Waals surface area (Å²) in [6.07, 6.45) is -0.679. The lowest BCUT2D eigenvalue weighted by molar-refractivity contribution is 0.135. The third-order valence-electron chi connectivity index (χ3n) is 2.54. The molecule has 0 heterocycles. The molecule has 0 aromatic heterocycles. The largest absolute Gasteiger partial charge is 0.497 e. The van der Waals surface area contributed by atoms with Crippen molar-refractivity contribution in [2.24, 2.45) is 0 Å². The van der Waals surface area contributed by atoms with Crippen LogP contribution in [0.2, 0.25) is 0 Å². The van der Waals surface area contributed by atoms with Gasteiger partial charge < -0.3 is 25.4 Å². The van der Waals surface area contributed by atoms with E-state index < -0.39 is 12.1 Å². The minimum atomic E-state index is -0.679. The van der Waals surface area contributed by atoms with E-state index >= 15 is 0 Å². The molecule has 0 spiro atoms. The van der Waals surface area contributed by atoms with Gasteiger partial charge in [-0.15, -0.1) is 0 Å². The first-order valence-electron chi connectivity index (χ1n) is 5.48. The van der Waals surface area contributed by atoms with Gasteiger partial charge in [0.25, 0.3) is 0 Å². The number of nitrogens with one attached hydrogen (secondary N) is 1. The number of rotatable bonds is 7. The molecule has 1 aromatic carbocycles. The maximum Gasteiger partial charge on any atom is 0.118 e. The van der Waals surface area contributed by atoms with E-state index in [9.17, 15) is 5.11 Å². The van der Waals surface area contributed by atoms with Crippen molar-refractivity contribution in [2.45, 2.75) is 12.1 Å². The molecular formula is C12H19NO4. The molecule has 0 fully saturated rings. The second-order valence-corrected chi connectivity index (χ2v) is 3.76. The number of aliphatic hydroxyl groups excluding tert-OH is 3. The molecule has 1 rings (SSSR count). The van der Waals surface area contributed by atoms with Crippen LogP contribution in [-0.4, -0.2) is 48.2 Å². The zero-order valence-corrected chi connectivity index (χ0v) is 9.84. The van der Waals surface area contributed by atoms with E-state index in [0.29, 0.717) is 0 Å². The van der Waals surface area contributed by atoms with Crippen LogP contribution < -0.4 is 10.1 Å². The highest BCUT2D eigenvalue weighted by molar-refractivity contribution is 5.28. The number of methoxy groups -OCH3 is 1. The Morgan fingerprint density at radius 1 is 1.18 bits per heavy atom. The van der Waals surface area contributed by atoms with E-state index in [1.54, 1.807) is 31.4 Å². The Morgan fingerprint density at radius 2 is 1.76 bits per heavy atom. The van der Waals surface area contributed by atoms with Crippen LogP contribution in [0.5, 0.6) is 5.75 Å². The maximum atomic E-state index is 9.86. The van der Waals surface area contributed by atoms with Crippen LogP contribution >= 0.6 is 0 Å². The second kappa shape index (κ2) is 7.24. The lowest BCUT2D eigenvalue weighted by atomic mass is 10.1. The van der Waals surface area contributed by atoms with Gasteiger partial charge in [0.05, 0.1) is 32.5 Å². The van der Waals surface area contributed by atoms with Crippen molar-refractivity contribution in [3.05, 3.63) is 29.8 Å². The smallest absolute Gasteiger partial charge is 0.118 e. The second-order valence-electron chi connectivity index (χ2n) is 3.76. The molecule has 1 atom stereocenters. The molecule has 0 aliphatic rings. The molecule has 0 saturated carbocycles. The van der Waals surface area contributed by atoms with Crippen LogP contribution in [0.25, 0.3) is 0 Å². The average Bonchev–Trinajstić information content (AvgIpc) is 2.39. The number of ether oxygens (including phenoxy) is 1. The molecule has 5 nitrogen and oxygen atoms in total. The monoisotopic (exact) mass is 241 g/mol. The van der Waals surface area contributed by atoms with Crippen molar-refractivity contribution >= 4 is 0 Å². The topological polar surface area (TPSA) is 82.0 Å². The summed E-state index contributed by atoms with van der Waals surface area (Å²) in [5.74, 6) is 0.734. The normalized spacial score (nSPS) is 12.8. The minimum absolute atomic E-state index is 0.161. The van der Waals surface area contributed by atoms with E-state index in [-0.39, 0.29) is 19.8 Å². The molecule has 0 radical (unpaired) electrons. The Morgan fingerprint density at radius 3 is 2.24 bits per heavy atom. The third-order valence-corrected chi connectivity index (χ3v) is 2.54. The molecule has 96 valence electrons. The van der Waals surface area contributed by atoms with E-state index in [0.717, 1.165) is 11.3 Å². The van der Waals surface area contributed by atoms with Gasteiger partial charge in [0.15, 0.2) is 0 Å². The van der Waals surface area contributed by atoms with Crippen molar-refractivity contribution in [2.75, 3.05) is 26.9 Å². The molecule has 0 aliphatic heterocycles. The van der Waals surface area contributed by atoms with Crippen LogP contribution in [0, 0.1) is 0 Å². The fourth-order valence-electron chi connectivity index (χ4n) is 1.41. The molecule has 5 heteroatoms. The molecule has 0 saturated heterocycles. The summed E-state index contributed by atoms with van der Waals surface area (Å²) < 4.78 is 5.02. The summed E-state index contributed by atoms with van der Waals surface area (Å²) >= 11 is 0. The summed E-state index contributed by atoms with van der Waals surface area (Å²) in [5, 5.41) is 30.4. The Kier molecular flexibility index (Phi) is 5.93. The predicted octanol–water partition coefficient (Wildman–Crippen LogP) is -0.329. The van der Waals surface area contributed by atoms with Crippen molar-refractivity contribution in [1.82, 2.24) is 5.32 Å². The standard InChI is InChI=1S/C12H19NO4/c1-17-11-4-2-9(3-5-11)12(16)6-13-10(7-14)8-15/h2-5,10,12-16H,6-8H2,1H3. The van der Waals surface area contributed by atoms with Gasteiger partial charge in [-0.1, -0.05) is 12.1 Å². The lowest BCUT2D eigenvalue weighted by Crippen LogP contribution is -2.38. The number of benzene rings is 1. The van der Waals surface area contributed by atoms with E-state index in [2.05, 4.69) is 5.32 Å². The van der Waals surface area contributed by atoms with Crippen LogP contribution in [0.1, 0.15) is 11.7 Å². The van der Waals surface area contributed by atoms with Crippen molar-refractivity contribution in [3.8, 4) is 5.75 Å². The SMILES string of the molecule is COc1ccc(C(O)CNC(CO)CO)cc1. The first-order valence-corrected chi connectivity index (χ1v) is 5.48. The van der Waals surface area contributed by atoms with Gasteiger partial charge in [0, 0.05) is 6.54 Å². The van der Waals surface area contributed by atoms with Crippen LogP contribution in [0.15, 0.2) is 24.3 Å². The molecule has 1 unspecified atom stereocenters. The quantitative estimate of drug-likeness (QED) is 0.525. The number of aliphatic hydroxyl groups is 3. The molecule has 0 bridgehead atoms. The van der Waals surface area contributed by atoms with Gasteiger partial charge in [-0.25, -0.2) is 0 Å². The summed E-state index contributed by atoms with van der Waals surface area (Å²) in [6, 6.07) is 6.70. The third kappa shape index (κ3) is 4.32. The Labute approximate surface area is 101 Å². The zero-order valence-electron chi connectivity index (χ0n) is 9.84. The lowest BCUT2D eigenvalue weighted by Gasteiger charge is -2.17. The van der Waals surface area contributed by atoms with Crippen molar-refractivity contribution in [3.63, 3.8) is 0 Å². The van der Waals surface area contributed by atoms with Gasteiger partial charge in [-0.2, -0.15) is 0 Å². The predicted molar refractivity (Wildman–Crippen MR) is 63.9 cm³/mol. The zero-order chi connectivity index (χ0) is 12.7. The molecule has 0 amide bonds. The highest BCUT2D eigenvalue weighted by Gasteiger charge is 2.10. The average molecular weight is 241 g/mol. The Bertz CT molecular complexity index is 311. The van der Waals surface area contributed by atoms with E-state index in [1.165, 1.54) is 0 Å². The minimum Gasteiger partial charge on any atom is -0.497 e. The first-order chi connectivity index (χ1) is 8.21. The first kappa shape index (κ1) is 13.9. The van der Waals surface area contributed by atoms with Gasteiger partial charge in [0.1, 0.15) is 5.75 Å². The molecule has 17 heavy (non-hydrogen) atoms. The Hall–Kier alpha value is -1.14. The molecular weight excluding hydrogens is 222 g/mol. The van der Waals surface area contributed by atoms with Crippen molar-refractivity contribution in [1.29, 1.82) is 0 Å². The summed E-state index contributed by atoms with van der Waals surface area (Å²) in [6.45, 7) is -0.0459. The summed E-state index contributed by atoms with van der Waals surface area (Å²) in [4.78, 5) is 0. The van der Waals surface area contributed by atoms with Gasteiger partial charge in [-0.3, -0.25) is 0 Å².